The van der Waals surface area contributed by atoms with Gasteiger partial charge in [-0.05, 0) is 43.3 Å². The van der Waals surface area contributed by atoms with Gasteiger partial charge in [0, 0.05) is 41.8 Å². The summed E-state index contributed by atoms with van der Waals surface area (Å²) in [6.07, 6.45) is 4.88. The molecule has 1 fully saturated rings. The average Bonchev–Trinajstić information content (AvgIpc) is 3.52. The number of hydrogen-bond donors (Lipinski definition) is 2. The van der Waals surface area contributed by atoms with Crippen LogP contribution in [0.3, 0.4) is 0 Å². The highest BCUT2D eigenvalue weighted by molar-refractivity contribution is 7.89. The van der Waals surface area contributed by atoms with Crippen LogP contribution in [0.25, 0.3) is 0 Å². The fraction of sp³-hybridized carbons (Fsp3) is 0.375. The topological polar surface area (TPSA) is 104 Å². The first-order chi connectivity index (χ1) is 17.3. The molecule has 36 heavy (non-hydrogen) atoms. The molecule has 12 heteroatoms. The molecule has 1 aromatic heterocycles. The maximum atomic E-state index is 11.5. The van der Waals surface area contributed by atoms with Crippen molar-refractivity contribution in [2.24, 2.45) is 0 Å². The highest BCUT2D eigenvalue weighted by Crippen LogP contribution is 2.40. The van der Waals surface area contributed by atoms with Gasteiger partial charge in [-0.2, -0.15) is 0 Å². The van der Waals surface area contributed by atoms with Gasteiger partial charge in [-0.1, -0.05) is 29.3 Å². The first kappa shape index (κ1) is 26.7. The van der Waals surface area contributed by atoms with Crippen LogP contribution in [0.5, 0.6) is 5.75 Å². The van der Waals surface area contributed by atoms with Crippen molar-refractivity contribution in [2.75, 3.05) is 37.4 Å². The molecule has 1 saturated heterocycles. The molecule has 0 aliphatic carbocycles. The van der Waals surface area contributed by atoms with Crippen molar-refractivity contribution in [3.8, 4) is 5.75 Å². The Morgan fingerprint density at radius 3 is 2.69 bits per heavy atom. The van der Waals surface area contributed by atoms with Gasteiger partial charge in [0.15, 0.2) is 0 Å². The van der Waals surface area contributed by atoms with Crippen LogP contribution in [0.1, 0.15) is 12.5 Å². The lowest BCUT2D eigenvalue weighted by atomic mass is 10.1. The molecule has 0 bridgehead atoms. The molecular formula is C24H28Cl2N4O5S. The number of rotatable bonds is 12. The van der Waals surface area contributed by atoms with Crippen molar-refractivity contribution in [1.82, 2.24) is 14.3 Å². The molecule has 0 saturated carbocycles. The molecule has 0 spiro atoms. The van der Waals surface area contributed by atoms with E-state index in [4.69, 9.17) is 37.4 Å². The number of aromatic nitrogens is 2. The number of nitrogens with zero attached hydrogens (tertiary/aromatic N) is 2. The van der Waals surface area contributed by atoms with Crippen LogP contribution >= 0.6 is 23.2 Å². The van der Waals surface area contributed by atoms with Crippen LogP contribution in [0.2, 0.25) is 10.0 Å². The van der Waals surface area contributed by atoms with E-state index in [0.717, 1.165) is 5.69 Å². The van der Waals surface area contributed by atoms with Gasteiger partial charge >= 0.3 is 0 Å². The van der Waals surface area contributed by atoms with Crippen LogP contribution in [0.4, 0.5) is 5.69 Å². The zero-order valence-corrected chi connectivity index (χ0v) is 22.0. The van der Waals surface area contributed by atoms with Crippen molar-refractivity contribution in [1.29, 1.82) is 0 Å². The second-order valence-electron chi connectivity index (χ2n) is 8.22. The van der Waals surface area contributed by atoms with Gasteiger partial charge in [0.2, 0.25) is 15.8 Å². The number of nitrogens with one attached hydrogen (secondary N) is 2. The first-order valence-electron chi connectivity index (χ1n) is 11.5. The largest absolute Gasteiger partial charge is 0.491 e. The second-order valence-corrected chi connectivity index (χ2v) is 11.2. The smallest absolute Gasteiger partial charge is 0.215 e. The Morgan fingerprint density at radius 2 is 2.00 bits per heavy atom. The van der Waals surface area contributed by atoms with Crippen LogP contribution in [-0.2, 0) is 31.8 Å². The minimum absolute atomic E-state index is 0.0617. The van der Waals surface area contributed by atoms with Crippen molar-refractivity contribution in [2.45, 2.75) is 25.4 Å². The Balaban J connectivity index is 1.34. The molecule has 0 unspecified atom stereocenters. The van der Waals surface area contributed by atoms with E-state index in [0.29, 0.717) is 47.6 Å². The van der Waals surface area contributed by atoms with Gasteiger partial charge in [-0.3, -0.25) is 0 Å². The zero-order chi connectivity index (χ0) is 25.6. The third-order valence-electron chi connectivity index (χ3n) is 5.60. The van der Waals surface area contributed by atoms with E-state index in [1.165, 1.54) is 0 Å². The fourth-order valence-electron chi connectivity index (χ4n) is 3.75. The monoisotopic (exact) mass is 554 g/mol. The Hall–Kier alpha value is -2.34. The minimum Gasteiger partial charge on any atom is -0.491 e. The van der Waals surface area contributed by atoms with Gasteiger partial charge in [0.25, 0.3) is 0 Å². The summed E-state index contributed by atoms with van der Waals surface area (Å²) in [7, 11) is -3.19. The van der Waals surface area contributed by atoms with Crippen molar-refractivity contribution in [3.63, 3.8) is 0 Å². The number of anilines is 1. The van der Waals surface area contributed by atoms with Crippen molar-refractivity contribution in [3.05, 3.63) is 76.8 Å². The van der Waals surface area contributed by atoms with Gasteiger partial charge in [0.1, 0.15) is 18.5 Å². The summed E-state index contributed by atoms with van der Waals surface area (Å²) in [6, 6.07) is 12.6. The van der Waals surface area contributed by atoms with E-state index in [2.05, 4.69) is 15.0 Å². The first-order valence-corrected chi connectivity index (χ1v) is 13.9. The van der Waals surface area contributed by atoms with Gasteiger partial charge < -0.3 is 24.1 Å². The molecule has 0 amide bonds. The van der Waals surface area contributed by atoms with Crippen LogP contribution in [0, 0.1) is 0 Å². The number of sulfonamides is 1. The summed E-state index contributed by atoms with van der Waals surface area (Å²) >= 11 is 12.6. The Bertz CT molecular complexity index is 1240. The van der Waals surface area contributed by atoms with E-state index >= 15 is 0 Å². The third kappa shape index (κ3) is 6.90. The maximum Gasteiger partial charge on any atom is 0.215 e. The molecule has 194 valence electrons. The summed E-state index contributed by atoms with van der Waals surface area (Å²) in [6.45, 7) is 3.34. The summed E-state index contributed by atoms with van der Waals surface area (Å²) in [5.41, 5.74) is 1.54. The van der Waals surface area contributed by atoms with E-state index in [1.54, 1.807) is 31.6 Å². The molecule has 3 aromatic rings. The Kier molecular flexibility index (Phi) is 8.76. The quantitative estimate of drug-likeness (QED) is 0.327. The van der Waals surface area contributed by atoms with Crippen LogP contribution in [-0.4, -0.2) is 56.1 Å². The number of hydrogen-bond acceptors (Lipinski definition) is 7. The molecular weight excluding hydrogens is 527 g/mol. The molecule has 2 heterocycles. The predicted molar refractivity (Wildman–Crippen MR) is 139 cm³/mol. The maximum absolute atomic E-state index is 11.5. The molecule has 1 aliphatic heterocycles. The molecule has 9 nitrogen and oxygen atoms in total. The second kappa shape index (κ2) is 11.8. The van der Waals surface area contributed by atoms with E-state index in [-0.39, 0.29) is 18.5 Å². The van der Waals surface area contributed by atoms with E-state index < -0.39 is 15.8 Å². The van der Waals surface area contributed by atoms with Crippen LogP contribution in [0.15, 0.2) is 61.2 Å². The highest BCUT2D eigenvalue weighted by Gasteiger charge is 2.45. The summed E-state index contributed by atoms with van der Waals surface area (Å²) in [4.78, 5) is 4.10. The zero-order valence-electron chi connectivity index (χ0n) is 19.7. The average molecular weight is 555 g/mol. The number of ether oxygens (including phenoxy) is 3. The highest BCUT2D eigenvalue weighted by atomic mass is 35.5. The lowest BCUT2D eigenvalue weighted by Crippen LogP contribution is -2.34. The van der Waals surface area contributed by atoms with Gasteiger partial charge in [0.05, 0.1) is 30.3 Å². The molecule has 2 aromatic carbocycles. The summed E-state index contributed by atoms with van der Waals surface area (Å²) in [5, 5.41) is 4.15. The molecule has 2 N–H and O–H groups in total. The molecule has 2 atom stereocenters. The SMILES string of the molecule is CCS(=O)(=O)NCCNc1ccc(OC[C@H]2CO[C@](Cn3ccnc3)(c3ccc(Cl)cc3Cl)O2)cc1. The molecule has 4 rings (SSSR count). The normalized spacial score (nSPS) is 19.9. The summed E-state index contributed by atoms with van der Waals surface area (Å²) < 4.78 is 45.9. The lowest BCUT2D eigenvalue weighted by molar-refractivity contribution is -0.189. The number of imidazole rings is 1. The number of halogens is 2. The standard InChI is InChI=1S/C24H28Cl2N4O5S/c1-2-36(31,32)29-10-9-28-19-4-6-20(7-5-19)33-14-21-15-34-24(35-21,16-30-12-11-27-17-30)22-8-3-18(25)13-23(22)26/h3-8,11-13,17,21,28-29H,2,9-10,14-16H2,1H3/t21-,24-/m0/s1. The molecule has 1 aliphatic rings. The minimum atomic E-state index is -3.19. The molecule has 0 radical (unpaired) electrons. The fourth-order valence-corrected chi connectivity index (χ4v) is 4.92. The van der Waals surface area contributed by atoms with Gasteiger partial charge in [-0.25, -0.2) is 18.1 Å². The van der Waals surface area contributed by atoms with Crippen LogP contribution < -0.4 is 14.8 Å². The Labute approximate surface area is 220 Å². The third-order valence-corrected chi connectivity index (χ3v) is 7.55. The van der Waals surface area contributed by atoms with E-state index in [9.17, 15) is 8.42 Å². The van der Waals surface area contributed by atoms with Gasteiger partial charge in [-0.15, -0.1) is 0 Å². The van der Waals surface area contributed by atoms with Crippen molar-refractivity contribution >= 4 is 38.9 Å². The Morgan fingerprint density at radius 1 is 1.19 bits per heavy atom. The summed E-state index contributed by atoms with van der Waals surface area (Å²) in [5.74, 6) is -0.372. The predicted octanol–water partition coefficient (Wildman–Crippen LogP) is 3.89. The lowest BCUT2D eigenvalue weighted by Gasteiger charge is -2.30. The van der Waals surface area contributed by atoms with Crippen molar-refractivity contribution < 1.29 is 22.6 Å². The number of benzene rings is 2. The van der Waals surface area contributed by atoms with E-state index in [1.807, 2.05) is 41.1 Å².